The highest BCUT2D eigenvalue weighted by atomic mass is 32.2. The summed E-state index contributed by atoms with van der Waals surface area (Å²) in [5.74, 6) is -2.44. The average Bonchev–Trinajstić information content (AvgIpc) is 3.05. The molecule has 33 heavy (non-hydrogen) atoms. The molecule has 0 bridgehead atoms. The van der Waals surface area contributed by atoms with Crippen LogP contribution in [0.2, 0.25) is 0 Å². The number of carbonyl (C=O) groups is 4. The van der Waals surface area contributed by atoms with Gasteiger partial charge in [0.05, 0.1) is 11.8 Å². The highest BCUT2D eigenvalue weighted by Crippen LogP contribution is 2.27. The highest BCUT2D eigenvalue weighted by Gasteiger charge is 2.41. The maximum Gasteiger partial charge on any atom is 0.343 e. The van der Waals surface area contributed by atoms with Crippen molar-refractivity contribution in [3.8, 4) is 0 Å². The van der Waals surface area contributed by atoms with Crippen molar-refractivity contribution in [2.45, 2.75) is 52.0 Å². The van der Waals surface area contributed by atoms with Gasteiger partial charge >= 0.3 is 6.03 Å². The minimum Gasteiger partial charge on any atom is -0.289 e. The smallest absolute Gasteiger partial charge is 0.289 e. The van der Waals surface area contributed by atoms with E-state index >= 15 is 0 Å². The van der Waals surface area contributed by atoms with Crippen LogP contribution in [0.4, 0.5) is 4.79 Å². The molecule has 9 nitrogen and oxygen atoms in total. The van der Waals surface area contributed by atoms with Gasteiger partial charge in [0, 0.05) is 0 Å². The van der Waals surface area contributed by atoms with Gasteiger partial charge in [0.25, 0.3) is 5.91 Å². The van der Waals surface area contributed by atoms with E-state index in [-0.39, 0.29) is 5.92 Å². The maximum atomic E-state index is 13.3. The summed E-state index contributed by atoms with van der Waals surface area (Å²) >= 11 is 1.54. The third-order valence-corrected chi connectivity index (χ3v) is 6.35. The highest BCUT2D eigenvalue weighted by molar-refractivity contribution is 7.98. The van der Waals surface area contributed by atoms with Crippen LogP contribution in [0.5, 0.6) is 0 Å². The lowest BCUT2D eigenvalue weighted by molar-refractivity contribution is -0.143. The summed E-state index contributed by atoms with van der Waals surface area (Å²) in [5.41, 5.74) is 5.40. The van der Waals surface area contributed by atoms with Crippen LogP contribution >= 0.6 is 11.8 Å². The zero-order valence-electron chi connectivity index (χ0n) is 19.4. The van der Waals surface area contributed by atoms with Crippen molar-refractivity contribution in [1.82, 2.24) is 21.2 Å². The Bertz CT molecular complexity index is 820. The van der Waals surface area contributed by atoms with Crippen LogP contribution < -0.4 is 16.2 Å². The molecule has 0 radical (unpaired) electrons. The monoisotopic (exact) mass is 478 g/mol. The van der Waals surface area contributed by atoms with Crippen LogP contribution in [-0.2, 0) is 20.8 Å². The van der Waals surface area contributed by atoms with Crippen LogP contribution in [0, 0.1) is 17.8 Å². The number of rotatable bonds is 13. The van der Waals surface area contributed by atoms with Gasteiger partial charge in [-0.2, -0.15) is 11.8 Å². The van der Waals surface area contributed by atoms with Crippen LogP contribution in [0.25, 0.3) is 0 Å². The summed E-state index contributed by atoms with van der Waals surface area (Å²) in [6, 6.07) is 8.33. The van der Waals surface area contributed by atoms with E-state index < -0.39 is 41.6 Å². The van der Waals surface area contributed by atoms with E-state index in [9.17, 15) is 24.4 Å². The Balaban J connectivity index is 2.16. The number of nitrogens with zero attached hydrogens (tertiary/aromatic N) is 1. The third-order valence-electron chi connectivity index (χ3n) is 5.71. The molecule has 4 N–H and O–H groups in total. The Hall–Kier alpha value is -2.59. The second-order valence-corrected chi connectivity index (χ2v) is 9.62. The van der Waals surface area contributed by atoms with E-state index in [1.54, 1.807) is 5.48 Å². The van der Waals surface area contributed by atoms with E-state index in [1.807, 2.05) is 50.4 Å². The predicted molar refractivity (Wildman–Crippen MR) is 126 cm³/mol. The fraction of sp³-hybridized carbons (Fsp3) is 0.565. The topological polar surface area (TPSA) is 128 Å². The zero-order valence-corrected chi connectivity index (χ0v) is 20.2. The molecule has 0 saturated carbocycles. The Morgan fingerprint density at radius 2 is 1.85 bits per heavy atom. The molecule has 1 fully saturated rings. The lowest BCUT2D eigenvalue weighted by Crippen LogP contribution is -2.53. The molecule has 2 rings (SSSR count). The molecule has 0 spiro atoms. The molecule has 1 aliphatic heterocycles. The second kappa shape index (κ2) is 13.2. The normalized spacial score (nSPS) is 17.6. The summed E-state index contributed by atoms with van der Waals surface area (Å²) < 4.78 is 0. The number of carbonyl (C=O) groups excluding carboxylic acids is 4. The molecule has 0 aromatic heterocycles. The number of hydrogen-bond donors (Lipinski definition) is 4. The Labute approximate surface area is 199 Å². The molecule has 0 aliphatic carbocycles. The number of nitrogens with one attached hydrogen (secondary N) is 3. The first-order valence-corrected chi connectivity index (χ1v) is 12.6. The van der Waals surface area contributed by atoms with Crippen molar-refractivity contribution in [3.05, 3.63) is 35.9 Å². The van der Waals surface area contributed by atoms with E-state index in [4.69, 9.17) is 0 Å². The van der Waals surface area contributed by atoms with Crippen LogP contribution in [0.3, 0.4) is 0 Å². The molecule has 1 aromatic carbocycles. The van der Waals surface area contributed by atoms with E-state index in [0.717, 1.165) is 17.0 Å². The van der Waals surface area contributed by atoms with Gasteiger partial charge in [-0.1, -0.05) is 44.2 Å². The molecule has 1 heterocycles. The quantitative estimate of drug-likeness (QED) is 0.196. The van der Waals surface area contributed by atoms with Crippen LogP contribution in [-0.4, -0.2) is 52.0 Å². The van der Waals surface area contributed by atoms with Crippen molar-refractivity contribution >= 4 is 35.5 Å². The predicted octanol–water partition coefficient (Wildman–Crippen LogP) is 2.50. The molecule has 5 amide bonds. The number of thioether (sulfide) groups is 1. The first-order chi connectivity index (χ1) is 15.8. The molecule has 1 saturated heterocycles. The maximum absolute atomic E-state index is 13.3. The lowest BCUT2D eigenvalue weighted by Gasteiger charge is -2.29. The summed E-state index contributed by atoms with van der Waals surface area (Å²) in [4.78, 5) is 50.3. The first kappa shape index (κ1) is 26.7. The average molecular weight is 479 g/mol. The Morgan fingerprint density at radius 3 is 2.45 bits per heavy atom. The number of benzene rings is 1. The van der Waals surface area contributed by atoms with Crippen LogP contribution in [0.15, 0.2) is 30.3 Å². The molecule has 1 aromatic rings. The number of amides is 5. The summed E-state index contributed by atoms with van der Waals surface area (Å²) in [6.07, 6.45) is 4.42. The van der Waals surface area contributed by atoms with Gasteiger partial charge in [-0.05, 0) is 55.6 Å². The van der Waals surface area contributed by atoms with Crippen LogP contribution in [0.1, 0.15) is 45.1 Å². The van der Waals surface area contributed by atoms with Gasteiger partial charge in [-0.3, -0.25) is 30.3 Å². The van der Waals surface area contributed by atoms with Gasteiger partial charge in [-0.25, -0.2) is 15.3 Å². The van der Waals surface area contributed by atoms with E-state index in [0.29, 0.717) is 31.4 Å². The van der Waals surface area contributed by atoms with E-state index in [1.165, 1.54) is 11.8 Å². The van der Waals surface area contributed by atoms with Crippen molar-refractivity contribution in [2.24, 2.45) is 17.8 Å². The molecule has 10 heteroatoms. The SMILES string of the molecule is CSCC[C@H]1C(=O)NC(=O)N1NC(=O)[C@H](CC(C)C)[C@H](CCCc1ccccc1)C(=O)NO. The van der Waals surface area contributed by atoms with Crippen molar-refractivity contribution in [2.75, 3.05) is 12.0 Å². The standard InChI is InChI=1S/C23H34N4O5S/c1-15(2)14-18(17(21(29)26-32)11-7-10-16-8-5-4-6-9-16)20(28)25-27-19(12-13-33-3)22(30)24-23(27)31/h4-6,8-9,15,17-19,32H,7,10-14H2,1-3H3,(H,25,28)(H,26,29)(H,24,30,31)/t17-,18+,19-/m0/s1. The molecule has 3 atom stereocenters. The number of imide groups is 1. The van der Waals surface area contributed by atoms with Gasteiger partial charge in [0.15, 0.2) is 0 Å². The third kappa shape index (κ3) is 7.75. The first-order valence-electron chi connectivity index (χ1n) is 11.2. The number of hydroxylamine groups is 1. The van der Waals surface area contributed by atoms with Gasteiger partial charge < -0.3 is 0 Å². The van der Waals surface area contributed by atoms with E-state index in [2.05, 4.69) is 10.7 Å². The van der Waals surface area contributed by atoms with Gasteiger partial charge in [0.1, 0.15) is 6.04 Å². The number of hydrogen-bond acceptors (Lipinski definition) is 6. The summed E-state index contributed by atoms with van der Waals surface area (Å²) in [5, 5.41) is 12.6. The number of urea groups is 1. The Morgan fingerprint density at radius 1 is 1.15 bits per heavy atom. The second-order valence-electron chi connectivity index (χ2n) is 8.63. The minimum absolute atomic E-state index is 0.0881. The molecule has 0 unspecified atom stereocenters. The number of aryl methyl sites for hydroxylation is 1. The number of hydrazine groups is 1. The van der Waals surface area contributed by atoms with Gasteiger partial charge in [0.2, 0.25) is 11.8 Å². The largest absolute Gasteiger partial charge is 0.343 e. The molecule has 182 valence electrons. The lowest BCUT2D eigenvalue weighted by atomic mass is 9.81. The Kier molecular flexibility index (Phi) is 10.7. The summed E-state index contributed by atoms with van der Waals surface area (Å²) in [6.45, 7) is 3.87. The fourth-order valence-electron chi connectivity index (χ4n) is 4.06. The zero-order chi connectivity index (χ0) is 24.4. The van der Waals surface area contributed by atoms with Gasteiger partial charge in [-0.15, -0.1) is 0 Å². The minimum atomic E-state index is -0.795. The molecular formula is C23H34N4O5S. The molecule has 1 aliphatic rings. The van der Waals surface area contributed by atoms with Crippen molar-refractivity contribution < 1.29 is 24.4 Å². The fourth-order valence-corrected chi connectivity index (χ4v) is 4.52. The van der Waals surface area contributed by atoms with Crippen molar-refractivity contribution in [1.29, 1.82) is 0 Å². The summed E-state index contributed by atoms with van der Waals surface area (Å²) in [7, 11) is 0. The molecular weight excluding hydrogens is 444 g/mol. The van der Waals surface area contributed by atoms with Crippen molar-refractivity contribution in [3.63, 3.8) is 0 Å².